The molecule has 1 N–H and O–H groups in total. The summed E-state index contributed by atoms with van der Waals surface area (Å²) in [6.45, 7) is 10.6. The van der Waals surface area contributed by atoms with E-state index in [9.17, 15) is 0 Å². The summed E-state index contributed by atoms with van der Waals surface area (Å²) in [5.41, 5.74) is 1.30. The molecule has 4 nitrogen and oxygen atoms in total. The molecule has 0 saturated heterocycles. The molecule has 20 heavy (non-hydrogen) atoms. The van der Waals surface area contributed by atoms with Gasteiger partial charge in [-0.05, 0) is 44.2 Å². The molecule has 0 bridgehead atoms. The molecular formula is C16H31N3O. The van der Waals surface area contributed by atoms with Crippen LogP contribution >= 0.6 is 0 Å². The minimum Gasteiger partial charge on any atom is -0.377 e. The van der Waals surface area contributed by atoms with Crippen molar-refractivity contribution in [1.82, 2.24) is 15.1 Å². The minimum absolute atomic E-state index is 0.281. The van der Waals surface area contributed by atoms with Gasteiger partial charge in [0, 0.05) is 25.9 Å². The first kappa shape index (κ1) is 17.2. The first-order valence-electron chi connectivity index (χ1n) is 7.90. The van der Waals surface area contributed by atoms with Gasteiger partial charge in [-0.15, -0.1) is 0 Å². The zero-order valence-corrected chi connectivity index (χ0v) is 13.7. The van der Waals surface area contributed by atoms with Crippen molar-refractivity contribution in [3.8, 4) is 0 Å². The number of hydrogen-bond donors (Lipinski definition) is 1. The molecule has 0 aliphatic heterocycles. The molecular weight excluding hydrogens is 250 g/mol. The standard InChI is InChI=1S/C16H31N3O/c1-6-10-17-15(16(13(3)4)20-7-2)9-8-14-11-18-19(5)12-14/h11-13,15-17H,6-10H2,1-5H3. The molecule has 0 spiro atoms. The fraction of sp³-hybridized carbons (Fsp3) is 0.812. The Morgan fingerprint density at radius 1 is 1.35 bits per heavy atom. The summed E-state index contributed by atoms with van der Waals surface area (Å²) in [7, 11) is 1.97. The predicted octanol–water partition coefficient (Wildman–Crippen LogP) is 2.78. The van der Waals surface area contributed by atoms with Gasteiger partial charge < -0.3 is 10.1 Å². The second-order valence-corrected chi connectivity index (χ2v) is 5.79. The van der Waals surface area contributed by atoms with Crippen molar-refractivity contribution < 1.29 is 4.74 Å². The van der Waals surface area contributed by atoms with Gasteiger partial charge in [0.15, 0.2) is 0 Å². The van der Waals surface area contributed by atoms with Crippen LogP contribution in [0.2, 0.25) is 0 Å². The van der Waals surface area contributed by atoms with Crippen molar-refractivity contribution in [2.75, 3.05) is 13.2 Å². The zero-order valence-electron chi connectivity index (χ0n) is 13.7. The molecule has 0 aromatic carbocycles. The van der Waals surface area contributed by atoms with Crippen molar-refractivity contribution in [3.63, 3.8) is 0 Å². The van der Waals surface area contributed by atoms with Crippen LogP contribution in [0.4, 0.5) is 0 Å². The van der Waals surface area contributed by atoms with Gasteiger partial charge in [-0.25, -0.2) is 0 Å². The fourth-order valence-corrected chi connectivity index (χ4v) is 2.60. The lowest BCUT2D eigenvalue weighted by Crippen LogP contribution is -2.45. The Morgan fingerprint density at radius 2 is 2.10 bits per heavy atom. The molecule has 0 aliphatic carbocycles. The van der Waals surface area contributed by atoms with E-state index in [2.05, 4.69) is 44.3 Å². The summed E-state index contributed by atoms with van der Waals surface area (Å²) in [6.07, 6.45) is 7.63. The maximum absolute atomic E-state index is 5.97. The summed E-state index contributed by atoms with van der Waals surface area (Å²) >= 11 is 0. The van der Waals surface area contributed by atoms with E-state index in [0.717, 1.165) is 32.4 Å². The Balaban J connectivity index is 2.61. The lowest BCUT2D eigenvalue weighted by atomic mass is 9.94. The van der Waals surface area contributed by atoms with Crippen LogP contribution in [0.5, 0.6) is 0 Å². The molecule has 0 radical (unpaired) electrons. The normalized spacial score (nSPS) is 14.7. The van der Waals surface area contributed by atoms with E-state index in [1.54, 1.807) is 0 Å². The number of nitrogens with zero attached hydrogens (tertiary/aromatic N) is 2. The van der Waals surface area contributed by atoms with Gasteiger partial charge in [-0.1, -0.05) is 20.8 Å². The van der Waals surface area contributed by atoms with E-state index >= 15 is 0 Å². The smallest absolute Gasteiger partial charge is 0.0750 e. The minimum atomic E-state index is 0.281. The van der Waals surface area contributed by atoms with E-state index in [-0.39, 0.29) is 6.10 Å². The third-order valence-electron chi connectivity index (χ3n) is 3.57. The number of aryl methyl sites for hydroxylation is 2. The Hall–Kier alpha value is -0.870. The Bertz CT molecular complexity index is 362. The van der Waals surface area contributed by atoms with Crippen LogP contribution in [0.1, 0.15) is 46.1 Å². The highest BCUT2D eigenvalue weighted by atomic mass is 16.5. The van der Waals surface area contributed by atoms with Gasteiger partial charge in [0.2, 0.25) is 0 Å². The van der Waals surface area contributed by atoms with Crippen molar-refractivity contribution in [2.24, 2.45) is 13.0 Å². The van der Waals surface area contributed by atoms with Crippen molar-refractivity contribution >= 4 is 0 Å². The van der Waals surface area contributed by atoms with Gasteiger partial charge in [0.1, 0.15) is 0 Å². The first-order valence-corrected chi connectivity index (χ1v) is 7.90. The van der Waals surface area contributed by atoms with Gasteiger partial charge in [-0.2, -0.15) is 5.10 Å². The molecule has 0 fully saturated rings. The van der Waals surface area contributed by atoms with Crippen molar-refractivity contribution in [1.29, 1.82) is 0 Å². The topological polar surface area (TPSA) is 39.1 Å². The molecule has 116 valence electrons. The Morgan fingerprint density at radius 3 is 2.60 bits per heavy atom. The third kappa shape index (κ3) is 5.63. The van der Waals surface area contributed by atoms with E-state index in [4.69, 9.17) is 4.74 Å². The molecule has 1 aromatic heterocycles. The van der Waals surface area contributed by atoms with Crippen LogP contribution in [0.25, 0.3) is 0 Å². The van der Waals surface area contributed by atoms with Gasteiger partial charge in [-0.3, -0.25) is 4.68 Å². The Labute approximate surface area is 123 Å². The average molecular weight is 281 g/mol. The maximum atomic E-state index is 5.97. The number of hydrogen-bond acceptors (Lipinski definition) is 3. The van der Waals surface area contributed by atoms with Gasteiger partial charge in [0.25, 0.3) is 0 Å². The first-order chi connectivity index (χ1) is 9.58. The lowest BCUT2D eigenvalue weighted by molar-refractivity contribution is 0.00160. The molecule has 1 rings (SSSR count). The molecule has 0 amide bonds. The molecule has 2 atom stereocenters. The molecule has 0 aliphatic rings. The highest BCUT2D eigenvalue weighted by Gasteiger charge is 2.24. The molecule has 2 unspecified atom stereocenters. The highest BCUT2D eigenvalue weighted by Crippen LogP contribution is 2.16. The second-order valence-electron chi connectivity index (χ2n) is 5.79. The molecule has 1 heterocycles. The summed E-state index contributed by atoms with van der Waals surface area (Å²) < 4.78 is 7.84. The van der Waals surface area contributed by atoms with Crippen LogP contribution in [0.15, 0.2) is 12.4 Å². The zero-order chi connectivity index (χ0) is 15.0. The highest BCUT2D eigenvalue weighted by molar-refractivity contribution is 5.04. The third-order valence-corrected chi connectivity index (χ3v) is 3.57. The van der Waals surface area contributed by atoms with Crippen LogP contribution in [0, 0.1) is 5.92 Å². The average Bonchev–Trinajstić information content (AvgIpc) is 2.82. The van der Waals surface area contributed by atoms with Gasteiger partial charge >= 0.3 is 0 Å². The molecule has 4 heteroatoms. The predicted molar refractivity (Wildman–Crippen MR) is 83.9 cm³/mol. The van der Waals surface area contributed by atoms with Crippen LogP contribution < -0.4 is 5.32 Å². The van der Waals surface area contributed by atoms with Crippen LogP contribution in [0.3, 0.4) is 0 Å². The number of rotatable bonds is 10. The SMILES string of the molecule is CCCNC(CCc1cnn(C)c1)C(OCC)C(C)C. The Kier molecular flexibility index (Phi) is 7.85. The molecule has 1 aromatic rings. The van der Waals surface area contributed by atoms with E-state index in [1.807, 2.05) is 17.9 Å². The number of ether oxygens (including phenoxy) is 1. The quantitative estimate of drug-likeness (QED) is 0.717. The maximum Gasteiger partial charge on any atom is 0.0750 e. The van der Waals surface area contributed by atoms with Crippen LogP contribution in [-0.4, -0.2) is 35.1 Å². The van der Waals surface area contributed by atoms with E-state index < -0.39 is 0 Å². The fourth-order valence-electron chi connectivity index (χ4n) is 2.60. The summed E-state index contributed by atoms with van der Waals surface area (Å²) in [4.78, 5) is 0. The molecule has 0 saturated carbocycles. The van der Waals surface area contributed by atoms with E-state index in [0.29, 0.717) is 12.0 Å². The monoisotopic (exact) mass is 281 g/mol. The van der Waals surface area contributed by atoms with Crippen molar-refractivity contribution in [3.05, 3.63) is 18.0 Å². The number of aromatic nitrogens is 2. The van der Waals surface area contributed by atoms with Gasteiger partial charge in [0.05, 0.1) is 12.3 Å². The summed E-state index contributed by atoms with van der Waals surface area (Å²) in [5.74, 6) is 0.526. The van der Waals surface area contributed by atoms with E-state index in [1.165, 1.54) is 5.56 Å². The van der Waals surface area contributed by atoms with Crippen LogP contribution in [-0.2, 0) is 18.2 Å². The number of nitrogens with one attached hydrogen (secondary N) is 1. The summed E-state index contributed by atoms with van der Waals surface area (Å²) in [6, 6.07) is 0.412. The lowest BCUT2D eigenvalue weighted by Gasteiger charge is -2.31. The van der Waals surface area contributed by atoms with Crippen molar-refractivity contribution in [2.45, 2.75) is 59.1 Å². The summed E-state index contributed by atoms with van der Waals surface area (Å²) in [5, 5.41) is 7.90. The largest absolute Gasteiger partial charge is 0.377 e. The second kappa shape index (κ2) is 9.14.